The van der Waals surface area contributed by atoms with Gasteiger partial charge in [0.15, 0.2) is 0 Å². The minimum atomic E-state index is -0.430. The van der Waals surface area contributed by atoms with E-state index in [0.717, 1.165) is 25.9 Å². The molecule has 1 heterocycles. The van der Waals surface area contributed by atoms with Crippen molar-refractivity contribution in [1.82, 2.24) is 10.2 Å². The summed E-state index contributed by atoms with van der Waals surface area (Å²) < 4.78 is 0. The number of carbonyl (C=O) groups is 2. The Bertz CT molecular complexity index is 465. The fourth-order valence-electron chi connectivity index (χ4n) is 2.80. The summed E-state index contributed by atoms with van der Waals surface area (Å²) in [7, 11) is 0. The van der Waals surface area contributed by atoms with E-state index in [1.165, 1.54) is 12.5 Å². The van der Waals surface area contributed by atoms with Crippen molar-refractivity contribution < 1.29 is 9.59 Å². The monoisotopic (exact) mass is 274 g/mol. The van der Waals surface area contributed by atoms with Gasteiger partial charge in [0.25, 0.3) is 0 Å². The molecule has 0 bridgehead atoms. The third kappa shape index (κ3) is 3.59. The first-order chi connectivity index (χ1) is 9.58. The smallest absolute Gasteiger partial charge is 0.244 e. The van der Waals surface area contributed by atoms with E-state index in [2.05, 4.69) is 29.6 Å². The standard InChI is InChI=1S/C16H22N2O2/c1-12(17-13(2)19)16(20)18-10-8-15(9-11-18)14-6-4-3-5-7-14/h3-7,12,15H,8-11H2,1-2H3,(H,17,19). The lowest BCUT2D eigenvalue weighted by atomic mass is 9.89. The van der Waals surface area contributed by atoms with E-state index >= 15 is 0 Å². The Morgan fingerprint density at radius 3 is 2.35 bits per heavy atom. The number of nitrogens with zero attached hydrogens (tertiary/aromatic N) is 1. The largest absolute Gasteiger partial charge is 0.345 e. The molecular formula is C16H22N2O2. The van der Waals surface area contributed by atoms with Crippen molar-refractivity contribution in [2.45, 2.75) is 38.6 Å². The zero-order valence-electron chi connectivity index (χ0n) is 12.1. The molecule has 2 rings (SSSR count). The third-order valence-electron chi connectivity index (χ3n) is 3.87. The molecule has 1 aromatic carbocycles. The average Bonchev–Trinajstić information content (AvgIpc) is 2.47. The molecule has 4 heteroatoms. The second-order valence-electron chi connectivity index (χ2n) is 5.43. The number of amides is 2. The summed E-state index contributed by atoms with van der Waals surface area (Å²) >= 11 is 0. The van der Waals surface area contributed by atoms with E-state index < -0.39 is 6.04 Å². The van der Waals surface area contributed by atoms with E-state index in [1.807, 2.05) is 11.0 Å². The van der Waals surface area contributed by atoms with Gasteiger partial charge in [0.2, 0.25) is 11.8 Å². The van der Waals surface area contributed by atoms with Crippen LogP contribution in [0, 0.1) is 0 Å². The van der Waals surface area contributed by atoms with Crippen LogP contribution < -0.4 is 5.32 Å². The second-order valence-corrected chi connectivity index (χ2v) is 5.43. The molecule has 0 saturated carbocycles. The molecule has 0 aromatic heterocycles. The molecule has 1 fully saturated rings. The molecule has 1 saturated heterocycles. The number of likely N-dealkylation sites (tertiary alicyclic amines) is 1. The van der Waals surface area contributed by atoms with Crippen LogP contribution in [0.4, 0.5) is 0 Å². The minimum Gasteiger partial charge on any atom is -0.345 e. The zero-order valence-corrected chi connectivity index (χ0v) is 12.1. The Hall–Kier alpha value is -1.84. The molecule has 1 aliphatic rings. The van der Waals surface area contributed by atoms with Crippen molar-refractivity contribution in [3.05, 3.63) is 35.9 Å². The molecule has 1 aromatic rings. The summed E-state index contributed by atoms with van der Waals surface area (Å²) in [5.74, 6) is 0.396. The number of piperidine rings is 1. The SMILES string of the molecule is CC(=O)NC(C)C(=O)N1CCC(c2ccccc2)CC1. The van der Waals surface area contributed by atoms with Crippen LogP contribution >= 0.6 is 0 Å². The van der Waals surface area contributed by atoms with Crippen molar-refractivity contribution >= 4 is 11.8 Å². The predicted octanol–water partition coefficient (Wildman–Crippen LogP) is 1.92. The van der Waals surface area contributed by atoms with E-state index in [1.54, 1.807) is 6.92 Å². The van der Waals surface area contributed by atoms with Gasteiger partial charge < -0.3 is 10.2 Å². The molecule has 1 aliphatic heterocycles. The summed E-state index contributed by atoms with van der Waals surface area (Å²) in [6.07, 6.45) is 1.98. The normalized spacial score (nSPS) is 17.6. The van der Waals surface area contributed by atoms with E-state index in [9.17, 15) is 9.59 Å². The van der Waals surface area contributed by atoms with E-state index in [0.29, 0.717) is 5.92 Å². The Kier molecular flexibility index (Phi) is 4.77. The molecule has 108 valence electrons. The fraction of sp³-hybridized carbons (Fsp3) is 0.500. The van der Waals surface area contributed by atoms with Crippen molar-refractivity contribution in [3.8, 4) is 0 Å². The zero-order chi connectivity index (χ0) is 14.5. The number of rotatable bonds is 3. The Morgan fingerprint density at radius 2 is 1.80 bits per heavy atom. The van der Waals surface area contributed by atoms with Gasteiger partial charge in [-0.25, -0.2) is 0 Å². The van der Waals surface area contributed by atoms with Crippen LogP contribution in [-0.2, 0) is 9.59 Å². The summed E-state index contributed by atoms with van der Waals surface area (Å²) in [6, 6.07) is 10.0. The quantitative estimate of drug-likeness (QED) is 0.915. The highest BCUT2D eigenvalue weighted by Gasteiger charge is 2.26. The lowest BCUT2D eigenvalue weighted by molar-refractivity contribution is -0.136. The third-order valence-corrected chi connectivity index (χ3v) is 3.87. The molecular weight excluding hydrogens is 252 g/mol. The number of hydrogen-bond acceptors (Lipinski definition) is 2. The highest BCUT2D eigenvalue weighted by molar-refractivity contribution is 5.86. The molecule has 2 amide bonds. The average molecular weight is 274 g/mol. The molecule has 0 spiro atoms. The van der Waals surface area contributed by atoms with Gasteiger partial charge in [0.05, 0.1) is 0 Å². The van der Waals surface area contributed by atoms with Crippen molar-refractivity contribution in [2.24, 2.45) is 0 Å². The first kappa shape index (κ1) is 14.6. The van der Waals surface area contributed by atoms with Gasteiger partial charge in [-0.3, -0.25) is 9.59 Å². The van der Waals surface area contributed by atoms with Crippen LogP contribution in [0.3, 0.4) is 0 Å². The van der Waals surface area contributed by atoms with Crippen LogP contribution in [0.5, 0.6) is 0 Å². The summed E-state index contributed by atoms with van der Waals surface area (Å²) in [5.41, 5.74) is 1.36. The van der Waals surface area contributed by atoms with Gasteiger partial charge in [-0.1, -0.05) is 30.3 Å². The van der Waals surface area contributed by atoms with Crippen LogP contribution in [0.15, 0.2) is 30.3 Å². The lowest BCUT2D eigenvalue weighted by Gasteiger charge is -2.33. The number of benzene rings is 1. The van der Waals surface area contributed by atoms with Crippen LogP contribution in [-0.4, -0.2) is 35.8 Å². The molecule has 20 heavy (non-hydrogen) atoms. The maximum absolute atomic E-state index is 12.2. The van der Waals surface area contributed by atoms with Crippen LogP contribution in [0.1, 0.15) is 38.2 Å². The summed E-state index contributed by atoms with van der Waals surface area (Å²) in [5, 5.41) is 2.65. The topological polar surface area (TPSA) is 49.4 Å². The molecule has 1 N–H and O–H groups in total. The van der Waals surface area contributed by atoms with Gasteiger partial charge in [-0.15, -0.1) is 0 Å². The van der Waals surface area contributed by atoms with E-state index in [4.69, 9.17) is 0 Å². The first-order valence-corrected chi connectivity index (χ1v) is 7.18. The van der Waals surface area contributed by atoms with Crippen LogP contribution in [0.2, 0.25) is 0 Å². The van der Waals surface area contributed by atoms with Gasteiger partial charge in [-0.2, -0.15) is 0 Å². The highest BCUT2D eigenvalue weighted by atomic mass is 16.2. The van der Waals surface area contributed by atoms with Crippen LogP contribution in [0.25, 0.3) is 0 Å². The van der Waals surface area contributed by atoms with Gasteiger partial charge in [-0.05, 0) is 31.2 Å². The van der Waals surface area contributed by atoms with Gasteiger partial charge >= 0.3 is 0 Å². The Balaban J connectivity index is 1.88. The molecule has 1 atom stereocenters. The summed E-state index contributed by atoms with van der Waals surface area (Å²) in [6.45, 7) is 4.71. The molecule has 0 aliphatic carbocycles. The minimum absolute atomic E-state index is 0.0201. The number of nitrogens with one attached hydrogen (secondary N) is 1. The summed E-state index contributed by atoms with van der Waals surface area (Å²) in [4.78, 5) is 25.0. The van der Waals surface area contributed by atoms with Gasteiger partial charge in [0.1, 0.15) is 6.04 Å². The number of hydrogen-bond donors (Lipinski definition) is 1. The number of carbonyl (C=O) groups excluding carboxylic acids is 2. The van der Waals surface area contributed by atoms with Crippen molar-refractivity contribution in [3.63, 3.8) is 0 Å². The van der Waals surface area contributed by atoms with Crippen molar-refractivity contribution in [1.29, 1.82) is 0 Å². The van der Waals surface area contributed by atoms with Gasteiger partial charge in [0, 0.05) is 20.0 Å². The molecule has 0 radical (unpaired) electrons. The Morgan fingerprint density at radius 1 is 1.20 bits per heavy atom. The fourth-order valence-corrected chi connectivity index (χ4v) is 2.80. The lowest BCUT2D eigenvalue weighted by Crippen LogP contribution is -2.48. The first-order valence-electron chi connectivity index (χ1n) is 7.18. The van der Waals surface area contributed by atoms with Crippen molar-refractivity contribution in [2.75, 3.05) is 13.1 Å². The maximum Gasteiger partial charge on any atom is 0.244 e. The second kappa shape index (κ2) is 6.55. The highest BCUT2D eigenvalue weighted by Crippen LogP contribution is 2.27. The predicted molar refractivity (Wildman–Crippen MR) is 78.3 cm³/mol. The molecule has 1 unspecified atom stereocenters. The Labute approximate surface area is 120 Å². The maximum atomic E-state index is 12.2. The molecule has 4 nitrogen and oxygen atoms in total. The van der Waals surface area contributed by atoms with E-state index in [-0.39, 0.29) is 11.8 Å².